The van der Waals surface area contributed by atoms with E-state index in [1.165, 1.54) is 23.1 Å². The first kappa shape index (κ1) is 20.9. The number of hydrogen-bond acceptors (Lipinski definition) is 6. The maximum atomic E-state index is 12.0. The largest absolute Gasteiger partial charge is 0.325 e. The zero-order valence-corrected chi connectivity index (χ0v) is 17.8. The highest BCUT2D eigenvalue weighted by Gasteiger charge is 2.14. The van der Waals surface area contributed by atoms with E-state index in [1.54, 1.807) is 0 Å². The lowest BCUT2D eigenvalue weighted by Gasteiger charge is -2.06. The first-order valence-corrected chi connectivity index (χ1v) is 11.0. The Morgan fingerprint density at radius 1 is 1.15 bits per heavy atom. The van der Waals surface area contributed by atoms with Crippen LogP contribution >= 0.6 is 39.0 Å². The molecule has 0 saturated heterocycles. The molecule has 1 aromatic carbocycles. The second-order valence-electron chi connectivity index (χ2n) is 5.56. The summed E-state index contributed by atoms with van der Waals surface area (Å²) in [4.78, 5) is 23.9. The number of nitrogens with one attached hydrogen (secondary N) is 2. The number of anilines is 2. The number of benzene rings is 1. The first-order chi connectivity index (χ1) is 12.5. The second kappa shape index (κ2) is 10.6. The highest BCUT2D eigenvalue weighted by molar-refractivity contribution is 9.10. The van der Waals surface area contributed by atoms with Crippen LogP contribution in [0.4, 0.5) is 10.8 Å². The van der Waals surface area contributed by atoms with Crippen LogP contribution in [0.5, 0.6) is 0 Å². The predicted molar refractivity (Wildman–Crippen MR) is 112 cm³/mol. The lowest BCUT2D eigenvalue weighted by atomic mass is 10.1. The van der Waals surface area contributed by atoms with Gasteiger partial charge in [0.15, 0.2) is 0 Å². The number of thioether (sulfide) groups is 1. The van der Waals surface area contributed by atoms with Crippen LogP contribution in [0.3, 0.4) is 0 Å². The molecule has 0 fully saturated rings. The Morgan fingerprint density at radius 3 is 2.50 bits per heavy atom. The number of amides is 2. The van der Waals surface area contributed by atoms with Crippen LogP contribution in [0.15, 0.2) is 28.7 Å². The number of nitrogens with zero attached hydrogens (tertiary/aromatic N) is 2. The van der Waals surface area contributed by atoms with Gasteiger partial charge in [-0.15, -0.1) is 22.0 Å². The van der Waals surface area contributed by atoms with Crippen molar-refractivity contribution in [2.24, 2.45) is 0 Å². The van der Waals surface area contributed by atoms with Crippen molar-refractivity contribution in [1.82, 2.24) is 10.2 Å². The van der Waals surface area contributed by atoms with Gasteiger partial charge in [0.1, 0.15) is 5.01 Å². The Balaban J connectivity index is 1.72. The van der Waals surface area contributed by atoms with E-state index in [4.69, 9.17) is 0 Å². The summed E-state index contributed by atoms with van der Waals surface area (Å²) in [6.07, 6.45) is 2.00. The minimum atomic E-state index is -0.183. The molecular weight excluding hydrogens is 436 g/mol. The quantitative estimate of drug-likeness (QED) is 0.579. The standard InChI is InChI=1S/C17H21BrN4O2S2/c1-3-11(4-2)16-21-22-17(26-16)20-15(24)10-25-9-14(23)19-13-7-5-6-12(18)8-13/h5-8,11H,3-4,9-10H2,1-2H3,(H,19,23)(H,20,22,24). The normalized spacial score (nSPS) is 10.8. The van der Waals surface area contributed by atoms with Crippen LogP contribution in [0, 0.1) is 0 Å². The van der Waals surface area contributed by atoms with Gasteiger partial charge in [-0.3, -0.25) is 14.9 Å². The molecule has 0 unspecified atom stereocenters. The van der Waals surface area contributed by atoms with E-state index in [-0.39, 0.29) is 23.3 Å². The van der Waals surface area contributed by atoms with Crippen LogP contribution in [-0.4, -0.2) is 33.5 Å². The Hall–Kier alpha value is -1.45. The van der Waals surface area contributed by atoms with E-state index in [0.717, 1.165) is 28.0 Å². The van der Waals surface area contributed by atoms with Crippen molar-refractivity contribution >= 4 is 61.7 Å². The molecular formula is C17H21BrN4O2S2. The van der Waals surface area contributed by atoms with Gasteiger partial charge in [0.25, 0.3) is 0 Å². The van der Waals surface area contributed by atoms with Crippen molar-refractivity contribution in [1.29, 1.82) is 0 Å². The Bertz CT molecular complexity index is 750. The van der Waals surface area contributed by atoms with Gasteiger partial charge in [0, 0.05) is 16.1 Å². The van der Waals surface area contributed by atoms with Crippen molar-refractivity contribution < 1.29 is 9.59 Å². The van der Waals surface area contributed by atoms with Gasteiger partial charge in [0.2, 0.25) is 16.9 Å². The molecule has 26 heavy (non-hydrogen) atoms. The van der Waals surface area contributed by atoms with Crippen molar-refractivity contribution in [2.75, 3.05) is 22.1 Å². The molecule has 2 aromatic rings. The summed E-state index contributed by atoms with van der Waals surface area (Å²) in [6.45, 7) is 4.23. The van der Waals surface area contributed by atoms with Crippen LogP contribution in [-0.2, 0) is 9.59 Å². The molecule has 0 radical (unpaired) electrons. The molecule has 1 aromatic heterocycles. The van der Waals surface area contributed by atoms with E-state index < -0.39 is 0 Å². The van der Waals surface area contributed by atoms with E-state index >= 15 is 0 Å². The number of carbonyl (C=O) groups excluding carboxylic acids is 2. The molecule has 0 aliphatic rings. The molecule has 0 aliphatic heterocycles. The van der Waals surface area contributed by atoms with Crippen molar-refractivity contribution in [3.8, 4) is 0 Å². The zero-order chi connectivity index (χ0) is 18.9. The monoisotopic (exact) mass is 456 g/mol. The van der Waals surface area contributed by atoms with Gasteiger partial charge in [-0.2, -0.15) is 0 Å². The van der Waals surface area contributed by atoms with Gasteiger partial charge in [-0.05, 0) is 31.0 Å². The molecule has 2 amide bonds. The molecule has 0 aliphatic carbocycles. The molecule has 6 nitrogen and oxygen atoms in total. The van der Waals surface area contributed by atoms with Crippen LogP contribution < -0.4 is 10.6 Å². The van der Waals surface area contributed by atoms with E-state index in [0.29, 0.717) is 11.0 Å². The minimum Gasteiger partial charge on any atom is -0.325 e. The predicted octanol–water partition coefficient (Wildman–Crippen LogP) is 4.51. The summed E-state index contributed by atoms with van der Waals surface area (Å²) < 4.78 is 0.896. The number of rotatable bonds is 9. The van der Waals surface area contributed by atoms with E-state index in [2.05, 4.69) is 50.6 Å². The van der Waals surface area contributed by atoms with Gasteiger partial charge < -0.3 is 5.32 Å². The topological polar surface area (TPSA) is 84.0 Å². The molecule has 9 heteroatoms. The molecule has 2 N–H and O–H groups in total. The third kappa shape index (κ3) is 6.69. The summed E-state index contributed by atoms with van der Waals surface area (Å²) in [5.41, 5.74) is 0.720. The number of hydrogen-bond donors (Lipinski definition) is 2. The Labute approximate surface area is 169 Å². The van der Waals surface area contributed by atoms with Crippen molar-refractivity contribution in [2.45, 2.75) is 32.6 Å². The summed E-state index contributed by atoms with van der Waals surface area (Å²) in [7, 11) is 0. The van der Waals surface area contributed by atoms with Crippen LogP contribution in [0.25, 0.3) is 0 Å². The molecule has 0 spiro atoms. The third-order valence-electron chi connectivity index (χ3n) is 3.60. The first-order valence-electron chi connectivity index (χ1n) is 8.28. The number of carbonyl (C=O) groups is 2. The summed E-state index contributed by atoms with van der Waals surface area (Å²) in [5.74, 6) is 0.445. The van der Waals surface area contributed by atoms with Crippen molar-refractivity contribution in [3.05, 3.63) is 33.7 Å². The summed E-state index contributed by atoms with van der Waals surface area (Å²) in [6, 6.07) is 7.37. The fourth-order valence-electron chi connectivity index (χ4n) is 2.24. The lowest BCUT2D eigenvalue weighted by Crippen LogP contribution is -2.18. The maximum absolute atomic E-state index is 12.0. The summed E-state index contributed by atoms with van der Waals surface area (Å²) in [5, 5.41) is 15.2. The highest BCUT2D eigenvalue weighted by Crippen LogP contribution is 2.28. The van der Waals surface area contributed by atoms with E-state index in [1.807, 2.05) is 24.3 Å². The zero-order valence-electron chi connectivity index (χ0n) is 14.6. The molecule has 0 saturated carbocycles. The fraction of sp³-hybridized carbons (Fsp3) is 0.412. The van der Waals surface area contributed by atoms with Crippen LogP contribution in [0.1, 0.15) is 37.6 Å². The average molecular weight is 457 g/mol. The molecule has 0 atom stereocenters. The van der Waals surface area contributed by atoms with Gasteiger partial charge >= 0.3 is 0 Å². The minimum absolute atomic E-state index is 0.146. The average Bonchev–Trinajstić information content (AvgIpc) is 3.04. The SMILES string of the molecule is CCC(CC)c1nnc(NC(=O)CSCC(=O)Nc2cccc(Br)c2)s1. The molecule has 140 valence electrons. The van der Waals surface area contributed by atoms with Gasteiger partial charge in [-0.1, -0.05) is 47.2 Å². The number of halogens is 1. The Morgan fingerprint density at radius 2 is 1.85 bits per heavy atom. The smallest absolute Gasteiger partial charge is 0.236 e. The summed E-state index contributed by atoms with van der Waals surface area (Å²) >= 11 is 6.02. The van der Waals surface area contributed by atoms with E-state index in [9.17, 15) is 9.59 Å². The lowest BCUT2D eigenvalue weighted by molar-refractivity contribution is -0.114. The Kier molecular flexibility index (Phi) is 8.53. The number of aromatic nitrogens is 2. The molecule has 0 bridgehead atoms. The van der Waals surface area contributed by atoms with Crippen LogP contribution in [0.2, 0.25) is 0 Å². The molecule has 1 heterocycles. The van der Waals surface area contributed by atoms with Crippen molar-refractivity contribution in [3.63, 3.8) is 0 Å². The van der Waals surface area contributed by atoms with Gasteiger partial charge in [0.05, 0.1) is 11.5 Å². The third-order valence-corrected chi connectivity index (χ3v) is 6.02. The highest BCUT2D eigenvalue weighted by atomic mass is 79.9. The second-order valence-corrected chi connectivity index (χ2v) is 8.47. The fourth-order valence-corrected chi connectivity index (χ4v) is 4.29. The maximum Gasteiger partial charge on any atom is 0.236 e. The van der Waals surface area contributed by atoms with Gasteiger partial charge in [-0.25, -0.2) is 0 Å². The molecule has 2 rings (SSSR count).